The number of thioether (sulfide) groups is 1. The molecule has 0 aromatic rings. The van der Waals surface area contributed by atoms with Crippen molar-refractivity contribution in [3.05, 3.63) is 10.6 Å². The Labute approximate surface area is 135 Å². The van der Waals surface area contributed by atoms with Crippen LogP contribution in [0.3, 0.4) is 0 Å². The summed E-state index contributed by atoms with van der Waals surface area (Å²) in [7, 11) is 0. The molecule has 0 atom stereocenters. The van der Waals surface area contributed by atoms with E-state index in [0.717, 1.165) is 18.4 Å². The van der Waals surface area contributed by atoms with Crippen molar-refractivity contribution in [2.24, 2.45) is 16.8 Å². The van der Waals surface area contributed by atoms with E-state index >= 15 is 0 Å². The molecule has 0 unspecified atom stereocenters. The molecule has 0 bridgehead atoms. The normalized spacial score (nSPS) is 22.0. The van der Waals surface area contributed by atoms with E-state index in [1.165, 1.54) is 74.4 Å². The van der Waals surface area contributed by atoms with Gasteiger partial charge in [-0.05, 0) is 37.9 Å². The van der Waals surface area contributed by atoms with Gasteiger partial charge in [-0.2, -0.15) is 0 Å². The lowest BCUT2D eigenvalue weighted by atomic mass is 9.87. The highest BCUT2D eigenvalue weighted by molar-refractivity contribution is 8.03. The third-order valence-corrected chi connectivity index (χ3v) is 6.33. The summed E-state index contributed by atoms with van der Waals surface area (Å²) in [5.41, 5.74) is 1.25. The van der Waals surface area contributed by atoms with E-state index in [2.05, 4.69) is 30.5 Å². The van der Waals surface area contributed by atoms with Gasteiger partial charge in [-0.1, -0.05) is 46.0 Å². The molecular formula is C18H32N2S. The van der Waals surface area contributed by atoms with Crippen molar-refractivity contribution in [1.82, 2.24) is 4.90 Å². The van der Waals surface area contributed by atoms with E-state index in [4.69, 9.17) is 0 Å². The average molecular weight is 309 g/mol. The Balaban J connectivity index is 1.78. The lowest BCUT2D eigenvalue weighted by Crippen LogP contribution is -2.33. The van der Waals surface area contributed by atoms with Gasteiger partial charge in [0.25, 0.3) is 0 Å². The van der Waals surface area contributed by atoms with Crippen LogP contribution >= 0.6 is 11.8 Å². The Kier molecular flexibility index (Phi) is 7.31. The Hall–Kier alpha value is -0.280. The van der Waals surface area contributed by atoms with E-state index in [0.29, 0.717) is 0 Å². The van der Waals surface area contributed by atoms with Crippen molar-refractivity contribution in [1.29, 1.82) is 0 Å². The fourth-order valence-corrected chi connectivity index (χ4v) is 4.44. The molecule has 0 spiro atoms. The zero-order chi connectivity index (χ0) is 15.1. The van der Waals surface area contributed by atoms with E-state index < -0.39 is 0 Å². The number of hydrogen-bond donors (Lipinski definition) is 0. The van der Waals surface area contributed by atoms with Crippen molar-refractivity contribution in [3.63, 3.8) is 0 Å². The van der Waals surface area contributed by atoms with Gasteiger partial charge in [-0.3, -0.25) is 9.89 Å². The largest absolute Gasteiger partial charge is 0.297 e. The molecule has 120 valence electrons. The van der Waals surface area contributed by atoms with Crippen LogP contribution in [-0.4, -0.2) is 37.0 Å². The molecule has 1 aliphatic heterocycles. The average Bonchev–Trinajstić information content (AvgIpc) is 2.52. The third kappa shape index (κ3) is 5.78. The summed E-state index contributed by atoms with van der Waals surface area (Å²) in [5, 5.41) is 0. The summed E-state index contributed by atoms with van der Waals surface area (Å²) in [6, 6.07) is 0. The quantitative estimate of drug-likeness (QED) is 0.617. The predicted octanol–water partition coefficient (Wildman–Crippen LogP) is 4.96. The van der Waals surface area contributed by atoms with Crippen LogP contribution in [0.4, 0.5) is 0 Å². The number of rotatable bonds is 7. The van der Waals surface area contributed by atoms with Gasteiger partial charge in [-0.25, -0.2) is 0 Å². The molecule has 0 amide bonds. The van der Waals surface area contributed by atoms with Crippen molar-refractivity contribution in [2.75, 3.05) is 25.4 Å². The summed E-state index contributed by atoms with van der Waals surface area (Å²) < 4.78 is 0. The van der Waals surface area contributed by atoms with Gasteiger partial charge in [0.2, 0.25) is 0 Å². The van der Waals surface area contributed by atoms with Crippen LogP contribution in [0.5, 0.6) is 0 Å². The lowest BCUT2D eigenvalue weighted by Gasteiger charge is -2.31. The SMILES string of the molecule is C=NC1=C(SCC(C)C)CCN(CCC2CCCCC2)C1. The zero-order valence-electron chi connectivity index (χ0n) is 13.9. The molecule has 3 heteroatoms. The van der Waals surface area contributed by atoms with Gasteiger partial charge < -0.3 is 0 Å². The molecule has 0 radical (unpaired) electrons. The molecule has 1 fully saturated rings. The van der Waals surface area contributed by atoms with Gasteiger partial charge in [0, 0.05) is 23.7 Å². The monoisotopic (exact) mass is 308 g/mol. The predicted molar refractivity (Wildman–Crippen MR) is 96.1 cm³/mol. The van der Waals surface area contributed by atoms with Crippen LogP contribution in [-0.2, 0) is 0 Å². The topological polar surface area (TPSA) is 15.6 Å². The molecule has 1 heterocycles. The highest BCUT2D eigenvalue weighted by Crippen LogP contribution is 2.31. The first-order valence-electron chi connectivity index (χ1n) is 8.73. The second-order valence-electron chi connectivity index (χ2n) is 7.05. The van der Waals surface area contributed by atoms with E-state index in [1.54, 1.807) is 0 Å². The Bertz CT molecular complexity index is 356. The molecule has 0 aromatic carbocycles. The smallest absolute Gasteiger partial charge is 0.0631 e. The lowest BCUT2D eigenvalue weighted by molar-refractivity contribution is 0.240. The molecular weight excluding hydrogens is 276 g/mol. The molecule has 21 heavy (non-hydrogen) atoms. The van der Waals surface area contributed by atoms with Crippen LogP contribution in [0.25, 0.3) is 0 Å². The van der Waals surface area contributed by atoms with Gasteiger partial charge in [-0.15, -0.1) is 11.8 Å². The summed E-state index contributed by atoms with van der Waals surface area (Å²) in [6.07, 6.45) is 9.87. The van der Waals surface area contributed by atoms with Crippen LogP contribution in [0, 0.1) is 11.8 Å². The fourth-order valence-electron chi connectivity index (χ4n) is 3.38. The van der Waals surface area contributed by atoms with Gasteiger partial charge in [0.1, 0.15) is 0 Å². The minimum atomic E-state index is 0.748. The first-order chi connectivity index (χ1) is 10.2. The highest BCUT2D eigenvalue weighted by Gasteiger charge is 2.20. The zero-order valence-corrected chi connectivity index (χ0v) is 14.8. The Morgan fingerprint density at radius 1 is 1.29 bits per heavy atom. The number of aliphatic imine (C=N–C) groups is 1. The Morgan fingerprint density at radius 3 is 2.71 bits per heavy atom. The summed E-state index contributed by atoms with van der Waals surface area (Å²) in [5.74, 6) is 2.94. The molecule has 2 rings (SSSR count). The van der Waals surface area contributed by atoms with Gasteiger partial charge in [0.15, 0.2) is 0 Å². The minimum absolute atomic E-state index is 0.748. The maximum Gasteiger partial charge on any atom is 0.0631 e. The molecule has 0 saturated heterocycles. The molecule has 1 saturated carbocycles. The van der Waals surface area contributed by atoms with Crippen molar-refractivity contribution in [2.45, 2.75) is 58.8 Å². The number of nitrogens with zero attached hydrogens (tertiary/aromatic N) is 2. The maximum absolute atomic E-state index is 4.32. The standard InChI is InChI=1S/C18H32N2S/c1-15(2)14-21-18-10-12-20(13-17(18)19-3)11-9-16-7-5-4-6-8-16/h15-16H,3-14H2,1-2H3. The summed E-state index contributed by atoms with van der Waals surface area (Å²) in [4.78, 5) is 8.41. The van der Waals surface area contributed by atoms with Crippen molar-refractivity contribution < 1.29 is 0 Å². The first kappa shape index (κ1) is 17.1. The Morgan fingerprint density at radius 2 is 2.05 bits per heavy atom. The summed E-state index contributed by atoms with van der Waals surface area (Å²) in [6.45, 7) is 11.9. The van der Waals surface area contributed by atoms with Gasteiger partial charge >= 0.3 is 0 Å². The van der Waals surface area contributed by atoms with E-state index in [1.807, 2.05) is 11.8 Å². The second-order valence-corrected chi connectivity index (χ2v) is 8.17. The first-order valence-corrected chi connectivity index (χ1v) is 9.71. The molecule has 2 nitrogen and oxygen atoms in total. The molecule has 0 N–H and O–H groups in total. The molecule has 1 aliphatic carbocycles. The van der Waals surface area contributed by atoms with E-state index in [9.17, 15) is 0 Å². The van der Waals surface area contributed by atoms with Crippen molar-refractivity contribution in [3.8, 4) is 0 Å². The third-order valence-electron chi connectivity index (χ3n) is 4.71. The van der Waals surface area contributed by atoms with Crippen LogP contribution < -0.4 is 0 Å². The summed E-state index contributed by atoms with van der Waals surface area (Å²) >= 11 is 2.01. The van der Waals surface area contributed by atoms with Crippen molar-refractivity contribution >= 4 is 18.5 Å². The van der Waals surface area contributed by atoms with Crippen LogP contribution in [0.15, 0.2) is 15.6 Å². The number of hydrogen-bond acceptors (Lipinski definition) is 3. The maximum atomic E-state index is 4.32. The van der Waals surface area contributed by atoms with E-state index in [-0.39, 0.29) is 0 Å². The molecule has 2 aliphatic rings. The fraction of sp³-hybridized carbons (Fsp3) is 0.833. The highest BCUT2D eigenvalue weighted by atomic mass is 32.2. The van der Waals surface area contributed by atoms with Crippen LogP contribution in [0.2, 0.25) is 0 Å². The van der Waals surface area contributed by atoms with Gasteiger partial charge in [0.05, 0.1) is 5.70 Å². The molecule has 0 aromatic heterocycles. The minimum Gasteiger partial charge on any atom is -0.297 e. The second kappa shape index (κ2) is 8.99. The van der Waals surface area contributed by atoms with Crippen LogP contribution in [0.1, 0.15) is 58.8 Å².